The van der Waals surface area contributed by atoms with Gasteiger partial charge in [0.2, 0.25) is 0 Å². The molecule has 0 saturated heterocycles. The first-order valence-corrected chi connectivity index (χ1v) is 13.5. The largest absolute Gasteiger partial charge is 0.513 e. The first kappa shape index (κ1) is 29.4. The number of hydrogen-bond donors (Lipinski definition) is 2. The standard InChI is InChI=1S/2C13H9NS.C5H10O2.Ir/c2*1-2-6-10(7-3-1)13-14-11-8-4-5-9-12(11)15-13;1-4(6)3-5(2)7;/h2*1-9H;3-4,6-7H,1-2H3;/b;;5-3-;. The molecule has 0 saturated carbocycles. The Morgan fingerprint density at radius 1 is 0.658 bits per heavy atom. The second-order valence-electron chi connectivity index (χ2n) is 8.25. The summed E-state index contributed by atoms with van der Waals surface area (Å²) in [5.41, 5.74) is 4.56. The average molecular weight is 717 g/mol. The topological polar surface area (TPSA) is 66.2 Å². The molecule has 0 amide bonds. The van der Waals surface area contributed by atoms with Gasteiger partial charge in [0.05, 0.1) is 32.3 Å². The van der Waals surface area contributed by atoms with E-state index in [9.17, 15) is 0 Å². The number of aliphatic hydroxyl groups is 2. The van der Waals surface area contributed by atoms with Gasteiger partial charge in [0, 0.05) is 31.2 Å². The summed E-state index contributed by atoms with van der Waals surface area (Å²) in [5.74, 6) is 0.162. The monoisotopic (exact) mass is 717 g/mol. The number of aromatic nitrogens is 2. The minimum Gasteiger partial charge on any atom is -0.513 e. The van der Waals surface area contributed by atoms with Crippen molar-refractivity contribution in [2.24, 2.45) is 0 Å². The van der Waals surface area contributed by atoms with Crippen LogP contribution in [0.1, 0.15) is 13.8 Å². The Morgan fingerprint density at radius 3 is 1.34 bits per heavy atom. The fourth-order valence-corrected chi connectivity index (χ4v) is 5.44. The van der Waals surface area contributed by atoms with Gasteiger partial charge in [-0.15, -0.1) is 22.7 Å². The number of hydrogen-bond acceptors (Lipinski definition) is 6. The van der Waals surface area contributed by atoms with Crippen LogP contribution in [0, 0.1) is 0 Å². The van der Waals surface area contributed by atoms with Crippen LogP contribution in [-0.2, 0) is 20.1 Å². The minimum absolute atomic E-state index is 0. The van der Waals surface area contributed by atoms with E-state index in [2.05, 4.69) is 70.6 Å². The molecule has 1 unspecified atom stereocenters. The van der Waals surface area contributed by atoms with Crippen molar-refractivity contribution >= 4 is 43.1 Å². The van der Waals surface area contributed by atoms with Crippen molar-refractivity contribution in [3.63, 3.8) is 0 Å². The summed E-state index contributed by atoms with van der Waals surface area (Å²) < 4.78 is 2.49. The first-order valence-electron chi connectivity index (χ1n) is 11.9. The van der Waals surface area contributed by atoms with Crippen molar-refractivity contribution in [3.05, 3.63) is 121 Å². The molecule has 0 aliphatic heterocycles. The normalized spacial score (nSPS) is 11.5. The molecule has 0 aliphatic rings. The average Bonchev–Trinajstić information content (AvgIpc) is 3.54. The number of allylic oxidation sites excluding steroid dienone is 1. The molecule has 2 N–H and O–H groups in total. The summed E-state index contributed by atoms with van der Waals surface area (Å²) in [7, 11) is 0. The molecule has 4 aromatic carbocycles. The third-order valence-corrected chi connectivity index (χ3v) is 7.28. The number of nitrogens with zero attached hydrogens (tertiary/aromatic N) is 2. The molecule has 0 bridgehead atoms. The number of rotatable bonds is 3. The zero-order valence-corrected chi connectivity index (χ0v) is 25.0. The summed E-state index contributed by atoms with van der Waals surface area (Å²) >= 11 is 3.48. The van der Waals surface area contributed by atoms with Crippen LogP contribution >= 0.6 is 22.7 Å². The van der Waals surface area contributed by atoms with Crippen LogP contribution < -0.4 is 0 Å². The molecular formula is C31H28IrN2O2S2. The molecule has 195 valence electrons. The summed E-state index contributed by atoms with van der Waals surface area (Å²) in [6.45, 7) is 3.10. The van der Waals surface area contributed by atoms with E-state index in [-0.39, 0.29) is 25.9 Å². The summed E-state index contributed by atoms with van der Waals surface area (Å²) in [5, 5.41) is 19.1. The van der Waals surface area contributed by atoms with Crippen LogP contribution in [0.5, 0.6) is 0 Å². The Hall–Kier alpha value is -3.19. The Morgan fingerprint density at radius 2 is 1.03 bits per heavy atom. The smallest absolute Gasteiger partial charge is 0.124 e. The molecule has 6 rings (SSSR count). The van der Waals surface area contributed by atoms with Gasteiger partial charge in [-0.25, -0.2) is 9.97 Å². The van der Waals surface area contributed by atoms with Gasteiger partial charge in [0.1, 0.15) is 10.0 Å². The Balaban J connectivity index is 0.000000167. The van der Waals surface area contributed by atoms with Gasteiger partial charge < -0.3 is 10.2 Å². The van der Waals surface area contributed by atoms with Crippen LogP contribution in [0.4, 0.5) is 0 Å². The van der Waals surface area contributed by atoms with Gasteiger partial charge in [0.25, 0.3) is 0 Å². The van der Waals surface area contributed by atoms with E-state index in [1.807, 2.05) is 48.5 Å². The van der Waals surface area contributed by atoms with Crippen LogP contribution in [0.2, 0.25) is 0 Å². The number of thiazole rings is 2. The van der Waals surface area contributed by atoms with Crippen LogP contribution in [0.3, 0.4) is 0 Å². The number of benzene rings is 4. The zero-order valence-electron chi connectivity index (χ0n) is 21.0. The molecular weight excluding hydrogens is 689 g/mol. The summed E-state index contributed by atoms with van der Waals surface area (Å²) in [4.78, 5) is 9.20. The Kier molecular flexibility index (Phi) is 11.3. The van der Waals surface area contributed by atoms with E-state index < -0.39 is 6.10 Å². The summed E-state index contributed by atoms with van der Waals surface area (Å²) in [6, 6.07) is 37.1. The Labute approximate surface area is 244 Å². The van der Waals surface area contributed by atoms with Gasteiger partial charge >= 0.3 is 0 Å². The molecule has 1 radical (unpaired) electrons. The van der Waals surface area contributed by atoms with Crippen LogP contribution in [0.15, 0.2) is 121 Å². The van der Waals surface area contributed by atoms with E-state index in [0.717, 1.165) is 21.0 Å². The molecule has 0 spiro atoms. The minimum atomic E-state index is -0.537. The molecule has 4 nitrogen and oxygen atoms in total. The van der Waals surface area contributed by atoms with Crippen molar-refractivity contribution in [3.8, 4) is 21.1 Å². The first-order chi connectivity index (χ1) is 18.0. The second-order valence-corrected chi connectivity index (χ2v) is 10.3. The zero-order chi connectivity index (χ0) is 26.0. The predicted molar refractivity (Wildman–Crippen MR) is 158 cm³/mol. The fraction of sp³-hybridized carbons (Fsp3) is 0.0968. The van der Waals surface area contributed by atoms with E-state index >= 15 is 0 Å². The van der Waals surface area contributed by atoms with E-state index in [1.54, 1.807) is 29.6 Å². The van der Waals surface area contributed by atoms with Crippen LogP contribution in [-0.4, -0.2) is 26.3 Å². The molecule has 2 aromatic heterocycles. The molecule has 1 atom stereocenters. The predicted octanol–water partition coefficient (Wildman–Crippen LogP) is 8.75. The van der Waals surface area contributed by atoms with Crippen LogP contribution in [0.25, 0.3) is 41.6 Å². The SMILES string of the molecule is C/C(O)=C/C(C)O.[Ir].c1ccc(-c2nc3ccccc3s2)cc1.c1ccc(-c2nc3ccccc3s2)cc1. The third kappa shape index (κ3) is 8.42. The molecule has 0 aliphatic carbocycles. The van der Waals surface area contributed by atoms with E-state index in [0.29, 0.717) is 0 Å². The fourth-order valence-electron chi connectivity index (χ4n) is 3.50. The number of fused-ring (bicyclic) bond motifs is 2. The van der Waals surface area contributed by atoms with E-state index in [4.69, 9.17) is 10.2 Å². The van der Waals surface area contributed by atoms with Crippen molar-refractivity contribution in [2.45, 2.75) is 20.0 Å². The van der Waals surface area contributed by atoms with Crippen molar-refractivity contribution in [2.75, 3.05) is 0 Å². The van der Waals surface area contributed by atoms with Gasteiger partial charge in [-0.3, -0.25) is 0 Å². The number of para-hydroxylation sites is 2. The van der Waals surface area contributed by atoms with Gasteiger partial charge in [-0.1, -0.05) is 84.9 Å². The van der Waals surface area contributed by atoms with Crippen molar-refractivity contribution in [1.29, 1.82) is 0 Å². The maximum Gasteiger partial charge on any atom is 0.124 e. The molecule has 7 heteroatoms. The van der Waals surface area contributed by atoms with Gasteiger partial charge in [-0.05, 0) is 44.2 Å². The van der Waals surface area contributed by atoms with E-state index in [1.165, 1.54) is 33.5 Å². The molecule has 38 heavy (non-hydrogen) atoms. The third-order valence-electron chi connectivity index (χ3n) is 5.11. The maximum absolute atomic E-state index is 8.49. The van der Waals surface area contributed by atoms with Crippen molar-refractivity contribution in [1.82, 2.24) is 9.97 Å². The molecule has 0 fully saturated rings. The van der Waals surface area contributed by atoms with Gasteiger partial charge in [0.15, 0.2) is 0 Å². The quantitative estimate of drug-likeness (QED) is 0.180. The molecule has 2 heterocycles. The Bertz CT molecular complexity index is 1400. The van der Waals surface area contributed by atoms with Gasteiger partial charge in [-0.2, -0.15) is 0 Å². The maximum atomic E-state index is 8.49. The van der Waals surface area contributed by atoms with Crippen molar-refractivity contribution < 1.29 is 30.3 Å². The number of aliphatic hydroxyl groups excluding tert-OH is 2. The summed E-state index contributed by atoms with van der Waals surface area (Å²) in [6.07, 6.45) is 0.824. The molecule has 6 aromatic rings. The second kappa shape index (κ2) is 14.7.